The number of nitrogens with one attached hydrogen (secondary N) is 1. The summed E-state index contributed by atoms with van der Waals surface area (Å²) in [6, 6.07) is 0. The maximum absolute atomic E-state index is 11.7. The van der Waals surface area contributed by atoms with Gasteiger partial charge in [-0.2, -0.15) is 11.8 Å². The Labute approximate surface area is 108 Å². The summed E-state index contributed by atoms with van der Waals surface area (Å²) in [5.41, 5.74) is -0.568. The molecule has 98 valence electrons. The minimum absolute atomic E-state index is 0.0796. The van der Waals surface area contributed by atoms with Crippen LogP contribution >= 0.6 is 11.8 Å². The molecule has 0 bridgehead atoms. The Balaban J connectivity index is 2.19. The first-order chi connectivity index (χ1) is 8.72. The lowest BCUT2D eigenvalue weighted by molar-refractivity contribution is 0.0520. The molecule has 1 unspecified atom stereocenters. The fourth-order valence-electron chi connectivity index (χ4n) is 1.57. The number of rotatable bonds is 3. The Morgan fingerprint density at radius 1 is 1.72 bits per heavy atom. The summed E-state index contributed by atoms with van der Waals surface area (Å²) in [6.45, 7) is 2.54. The fourth-order valence-corrected chi connectivity index (χ4v) is 2.42. The number of carbonyl (C=O) groups is 1. The predicted octanol–water partition coefficient (Wildman–Crippen LogP) is 0.751. The molecule has 1 saturated heterocycles. The second kappa shape index (κ2) is 6.01. The highest BCUT2D eigenvalue weighted by Crippen LogP contribution is 2.23. The Morgan fingerprint density at radius 2 is 2.56 bits per heavy atom. The van der Waals surface area contributed by atoms with Crippen LogP contribution in [0.5, 0.6) is 0 Å². The molecular formula is C11H14N2O4S. The third-order valence-electron chi connectivity index (χ3n) is 2.44. The molecule has 18 heavy (non-hydrogen) atoms. The molecule has 0 saturated carbocycles. The van der Waals surface area contributed by atoms with Gasteiger partial charge in [-0.1, -0.05) is 0 Å². The number of H-pyrrole nitrogens is 1. The molecule has 1 atom stereocenters. The Bertz CT molecular complexity index is 482. The Kier molecular flexibility index (Phi) is 4.38. The zero-order chi connectivity index (χ0) is 13.0. The van der Waals surface area contributed by atoms with E-state index in [1.807, 2.05) is 0 Å². The summed E-state index contributed by atoms with van der Waals surface area (Å²) in [5, 5.41) is 0. The lowest BCUT2D eigenvalue weighted by atomic mass is 10.3. The highest BCUT2D eigenvalue weighted by molar-refractivity contribution is 7.99. The van der Waals surface area contributed by atoms with Crippen LogP contribution < -0.4 is 5.56 Å². The largest absolute Gasteiger partial charge is 0.462 e. The van der Waals surface area contributed by atoms with Crippen molar-refractivity contribution in [2.45, 2.75) is 13.0 Å². The summed E-state index contributed by atoms with van der Waals surface area (Å²) in [7, 11) is 0. The second-order valence-corrected chi connectivity index (χ2v) is 4.82. The van der Waals surface area contributed by atoms with Gasteiger partial charge in [0.25, 0.3) is 5.56 Å². The number of hydrogen-bond acceptors (Lipinski definition) is 6. The zero-order valence-corrected chi connectivity index (χ0v) is 10.8. The molecule has 0 aliphatic carbocycles. The van der Waals surface area contributed by atoms with Gasteiger partial charge in [-0.25, -0.2) is 9.78 Å². The molecule has 2 rings (SSSR count). The number of esters is 1. The highest BCUT2D eigenvalue weighted by Gasteiger charge is 2.20. The van der Waals surface area contributed by atoms with Crippen molar-refractivity contribution in [3.8, 4) is 0 Å². The fraction of sp³-hybridized carbons (Fsp3) is 0.545. The normalized spacial score (nSPS) is 19.5. The first-order valence-electron chi connectivity index (χ1n) is 5.68. The Hall–Kier alpha value is -1.34. The second-order valence-electron chi connectivity index (χ2n) is 3.67. The quantitative estimate of drug-likeness (QED) is 0.816. The van der Waals surface area contributed by atoms with Crippen LogP contribution in [-0.2, 0) is 9.47 Å². The molecule has 0 aromatic carbocycles. The lowest BCUT2D eigenvalue weighted by Gasteiger charge is -2.21. The molecule has 2 heterocycles. The maximum atomic E-state index is 11.7. The van der Waals surface area contributed by atoms with Crippen LogP contribution in [0.1, 0.15) is 29.2 Å². The number of hydrogen-bond donors (Lipinski definition) is 1. The molecule has 0 amide bonds. The van der Waals surface area contributed by atoms with E-state index in [1.54, 1.807) is 18.7 Å². The number of nitrogens with zero attached hydrogens (tertiary/aromatic N) is 1. The van der Waals surface area contributed by atoms with Crippen LogP contribution in [0.15, 0.2) is 11.0 Å². The van der Waals surface area contributed by atoms with Crippen LogP contribution in [0.4, 0.5) is 0 Å². The molecule has 6 nitrogen and oxygen atoms in total. The molecule has 1 fully saturated rings. The summed E-state index contributed by atoms with van der Waals surface area (Å²) in [6.07, 6.45) is 1.03. The Morgan fingerprint density at radius 3 is 3.17 bits per heavy atom. The van der Waals surface area contributed by atoms with E-state index in [2.05, 4.69) is 9.97 Å². The van der Waals surface area contributed by atoms with Crippen molar-refractivity contribution in [1.29, 1.82) is 0 Å². The van der Waals surface area contributed by atoms with E-state index in [9.17, 15) is 9.59 Å². The zero-order valence-electron chi connectivity index (χ0n) is 9.97. The van der Waals surface area contributed by atoms with Crippen molar-refractivity contribution in [3.63, 3.8) is 0 Å². The predicted molar refractivity (Wildman–Crippen MR) is 66.8 cm³/mol. The monoisotopic (exact) mass is 270 g/mol. The number of thioether (sulfide) groups is 1. The third-order valence-corrected chi connectivity index (χ3v) is 3.43. The van der Waals surface area contributed by atoms with Crippen molar-refractivity contribution in [1.82, 2.24) is 9.97 Å². The summed E-state index contributed by atoms with van der Waals surface area (Å²) >= 11 is 1.74. The van der Waals surface area contributed by atoms with Gasteiger partial charge in [-0.05, 0) is 6.92 Å². The number of aromatic amines is 1. The van der Waals surface area contributed by atoms with Gasteiger partial charge in [-0.15, -0.1) is 0 Å². The maximum Gasteiger partial charge on any atom is 0.345 e. The van der Waals surface area contributed by atoms with Crippen LogP contribution in [-0.4, -0.2) is 40.7 Å². The summed E-state index contributed by atoms with van der Waals surface area (Å²) < 4.78 is 10.3. The topological polar surface area (TPSA) is 81.3 Å². The lowest BCUT2D eigenvalue weighted by Crippen LogP contribution is -2.25. The van der Waals surface area contributed by atoms with E-state index in [0.29, 0.717) is 12.4 Å². The van der Waals surface area contributed by atoms with E-state index >= 15 is 0 Å². The first-order valence-corrected chi connectivity index (χ1v) is 6.83. The molecule has 1 aromatic rings. The van der Waals surface area contributed by atoms with Gasteiger partial charge in [0, 0.05) is 17.7 Å². The summed E-state index contributed by atoms with van der Waals surface area (Å²) in [5.74, 6) is 1.50. The molecule has 1 aliphatic rings. The minimum Gasteiger partial charge on any atom is -0.462 e. The highest BCUT2D eigenvalue weighted by atomic mass is 32.2. The van der Waals surface area contributed by atoms with Crippen LogP contribution in [0.25, 0.3) is 0 Å². The van der Waals surface area contributed by atoms with Gasteiger partial charge in [0.05, 0.1) is 13.2 Å². The van der Waals surface area contributed by atoms with Crippen molar-refractivity contribution < 1.29 is 14.3 Å². The molecule has 0 spiro atoms. The van der Waals surface area contributed by atoms with Gasteiger partial charge in [0.1, 0.15) is 17.5 Å². The number of aromatic nitrogens is 2. The van der Waals surface area contributed by atoms with Crippen LogP contribution in [0, 0.1) is 0 Å². The molecular weight excluding hydrogens is 256 g/mol. The minimum atomic E-state index is -0.656. The average molecular weight is 270 g/mol. The van der Waals surface area contributed by atoms with E-state index in [0.717, 1.165) is 11.5 Å². The van der Waals surface area contributed by atoms with Crippen molar-refractivity contribution in [3.05, 3.63) is 27.9 Å². The average Bonchev–Trinajstić information content (AvgIpc) is 2.40. The van der Waals surface area contributed by atoms with Gasteiger partial charge in [-0.3, -0.25) is 4.79 Å². The molecule has 7 heteroatoms. The van der Waals surface area contributed by atoms with E-state index in [1.165, 1.54) is 6.20 Å². The number of carbonyl (C=O) groups excluding carboxylic acids is 1. The van der Waals surface area contributed by atoms with E-state index in [-0.39, 0.29) is 18.3 Å². The standard InChI is InChI=1S/C11H14N2O4S/c1-2-16-11(15)7-5-12-9(13-10(7)14)8-6-18-4-3-17-8/h5,8H,2-4,6H2,1H3,(H,12,13,14). The smallest absolute Gasteiger partial charge is 0.345 e. The van der Waals surface area contributed by atoms with Gasteiger partial charge >= 0.3 is 5.97 Å². The van der Waals surface area contributed by atoms with Gasteiger partial charge in [0.15, 0.2) is 0 Å². The molecule has 0 radical (unpaired) electrons. The van der Waals surface area contributed by atoms with Crippen LogP contribution in [0.3, 0.4) is 0 Å². The summed E-state index contributed by atoms with van der Waals surface area (Å²) in [4.78, 5) is 29.8. The molecule has 1 aliphatic heterocycles. The van der Waals surface area contributed by atoms with Gasteiger partial charge in [0.2, 0.25) is 0 Å². The van der Waals surface area contributed by atoms with Crippen LogP contribution in [0.2, 0.25) is 0 Å². The van der Waals surface area contributed by atoms with Crippen molar-refractivity contribution in [2.75, 3.05) is 24.7 Å². The van der Waals surface area contributed by atoms with Crippen molar-refractivity contribution >= 4 is 17.7 Å². The van der Waals surface area contributed by atoms with Gasteiger partial charge < -0.3 is 14.5 Å². The third kappa shape index (κ3) is 2.91. The van der Waals surface area contributed by atoms with E-state index < -0.39 is 11.5 Å². The SMILES string of the molecule is CCOC(=O)c1cnc(C2CSCCO2)[nH]c1=O. The number of ether oxygens (including phenoxy) is 2. The molecule has 1 aromatic heterocycles. The first kappa shape index (κ1) is 13.1. The van der Waals surface area contributed by atoms with E-state index in [4.69, 9.17) is 9.47 Å². The van der Waals surface area contributed by atoms with Crippen molar-refractivity contribution in [2.24, 2.45) is 0 Å². The molecule has 1 N–H and O–H groups in total.